The Labute approximate surface area is 157 Å². The van der Waals surface area contributed by atoms with Gasteiger partial charge in [-0.25, -0.2) is 4.79 Å². The SMILES string of the molecule is COC(=O)c1ccc(NC(=O)CSc2nnc(-c3cccnc3)s2)cc1. The van der Waals surface area contributed by atoms with E-state index < -0.39 is 5.97 Å². The molecule has 26 heavy (non-hydrogen) atoms. The van der Waals surface area contributed by atoms with Crippen LogP contribution in [0.2, 0.25) is 0 Å². The molecule has 0 unspecified atom stereocenters. The Morgan fingerprint density at radius 2 is 2.00 bits per heavy atom. The van der Waals surface area contributed by atoms with Crippen LogP contribution in [0.15, 0.2) is 53.1 Å². The van der Waals surface area contributed by atoms with E-state index in [1.165, 1.54) is 30.2 Å². The van der Waals surface area contributed by atoms with Crippen molar-refractivity contribution in [1.29, 1.82) is 0 Å². The average molecular weight is 386 g/mol. The molecular weight excluding hydrogens is 372 g/mol. The van der Waals surface area contributed by atoms with E-state index in [9.17, 15) is 9.59 Å². The van der Waals surface area contributed by atoms with Crippen LogP contribution in [-0.4, -0.2) is 39.9 Å². The number of amides is 1. The van der Waals surface area contributed by atoms with Crippen molar-refractivity contribution in [1.82, 2.24) is 15.2 Å². The first-order valence-corrected chi connectivity index (χ1v) is 9.31. The number of carbonyl (C=O) groups is 2. The Morgan fingerprint density at radius 1 is 1.19 bits per heavy atom. The van der Waals surface area contributed by atoms with Crippen molar-refractivity contribution in [2.24, 2.45) is 0 Å². The molecule has 2 aromatic heterocycles. The fourth-order valence-corrected chi connectivity index (χ4v) is 3.65. The lowest BCUT2D eigenvalue weighted by Gasteiger charge is -2.05. The third-order valence-corrected chi connectivity index (χ3v) is 5.34. The summed E-state index contributed by atoms with van der Waals surface area (Å²) in [4.78, 5) is 27.5. The first kappa shape index (κ1) is 18.0. The van der Waals surface area contributed by atoms with Crippen LogP contribution < -0.4 is 5.32 Å². The van der Waals surface area contributed by atoms with Gasteiger partial charge in [-0.15, -0.1) is 10.2 Å². The fraction of sp³-hybridized carbons (Fsp3) is 0.118. The number of nitrogens with zero attached hydrogens (tertiary/aromatic N) is 3. The highest BCUT2D eigenvalue weighted by molar-refractivity contribution is 8.01. The van der Waals surface area contributed by atoms with Crippen molar-refractivity contribution in [3.8, 4) is 10.6 Å². The van der Waals surface area contributed by atoms with E-state index >= 15 is 0 Å². The number of aromatic nitrogens is 3. The van der Waals surface area contributed by atoms with Gasteiger partial charge in [-0.3, -0.25) is 9.78 Å². The molecule has 0 radical (unpaired) electrons. The summed E-state index contributed by atoms with van der Waals surface area (Å²) in [6, 6.07) is 10.2. The molecule has 1 aromatic carbocycles. The number of esters is 1. The topological polar surface area (TPSA) is 94.1 Å². The minimum atomic E-state index is -0.417. The lowest BCUT2D eigenvalue weighted by Crippen LogP contribution is -2.14. The molecule has 7 nitrogen and oxygen atoms in total. The number of hydrogen-bond acceptors (Lipinski definition) is 8. The van der Waals surface area contributed by atoms with Crippen LogP contribution in [0.1, 0.15) is 10.4 Å². The predicted octanol–water partition coefficient (Wildman–Crippen LogP) is 3.12. The number of carbonyl (C=O) groups excluding carboxylic acids is 2. The summed E-state index contributed by atoms with van der Waals surface area (Å²) in [6.07, 6.45) is 3.42. The number of rotatable bonds is 6. The molecule has 0 aliphatic heterocycles. The van der Waals surface area contributed by atoms with E-state index in [2.05, 4.69) is 25.2 Å². The van der Waals surface area contributed by atoms with Crippen molar-refractivity contribution in [3.63, 3.8) is 0 Å². The largest absolute Gasteiger partial charge is 0.465 e. The van der Waals surface area contributed by atoms with Crippen molar-refractivity contribution in [3.05, 3.63) is 54.4 Å². The van der Waals surface area contributed by atoms with Gasteiger partial charge in [0.25, 0.3) is 0 Å². The summed E-state index contributed by atoms with van der Waals surface area (Å²) in [6.45, 7) is 0. The molecule has 1 amide bonds. The molecule has 0 saturated carbocycles. The number of pyridine rings is 1. The number of thioether (sulfide) groups is 1. The zero-order valence-corrected chi connectivity index (χ0v) is 15.3. The zero-order chi connectivity index (χ0) is 18.4. The highest BCUT2D eigenvalue weighted by Gasteiger charge is 2.10. The minimum absolute atomic E-state index is 0.168. The Balaban J connectivity index is 1.53. The third-order valence-electron chi connectivity index (χ3n) is 3.23. The number of benzene rings is 1. The number of methoxy groups -OCH3 is 1. The molecule has 0 atom stereocenters. The van der Waals surface area contributed by atoms with E-state index in [1.54, 1.807) is 36.7 Å². The lowest BCUT2D eigenvalue weighted by molar-refractivity contribution is -0.113. The minimum Gasteiger partial charge on any atom is -0.465 e. The molecular formula is C17H14N4O3S2. The number of hydrogen-bond donors (Lipinski definition) is 1. The molecule has 0 aliphatic carbocycles. The summed E-state index contributed by atoms with van der Waals surface area (Å²) in [7, 11) is 1.32. The Hall–Kier alpha value is -2.78. The average Bonchev–Trinajstić information content (AvgIpc) is 3.16. The fourth-order valence-electron chi connectivity index (χ4n) is 2.01. The second-order valence-corrected chi connectivity index (χ2v) is 7.22. The maximum absolute atomic E-state index is 12.1. The summed E-state index contributed by atoms with van der Waals surface area (Å²) in [5.41, 5.74) is 1.93. The molecule has 0 fully saturated rings. The second-order valence-electron chi connectivity index (χ2n) is 5.02. The quantitative estimate of drug-likeness (QED) is 0.514. The predicted molar refractivity (Wildman–Crippen MR) is 100 cm³/mol. The van der Waals surface area contributed by atoms with E-state index in [0.29, 0.717) is 15.6 Å². The first-order chi connectivity index (χ1) is 12.7. The summed E-state index contributed by atoms with van der Waals surface area (Å²) >= 11 is 2.72. The summed E-state index contributed by atoms with van der Waals surface area (Å²) in [5, 5.41) is 11.7. The normalized spacial score (nSPS) is 10.3. The Bertz CT molecular complexity index is 898. The molecule has 3 aromatic rings. The van der Waals surface area contributed by atoms with Crippen molar-refractivity contribution >= 4 is 40.7 Å². The second kappa shape index (κ2) is 8.54. The van der Waals surface area contributed by atoms with Gasteiger partial charge in [0, 0.05) is 23.6 Å². The van der Waals surface area contributed by atoms with Crippen LogP contribution in [0.5, 0.6) is 0 Å². The van der Waals surface area contributed by atoms with E-state index in [4.69, 9.17) is 0 Å². The van der Waals surface area contributed by atoms with Crippen LogP contribution >= 0.6 is 23.1 Å². The number of ether oxygens (including phenoxy) is 1. The number of anilines is 1. The van der Waals surface area contributed by atoms with Gasteiger partial charge in [0.1, 0.15) is 5.01 Å². The van der Waals surface area contributed by atoms with Gasteiger partial charge >= 0.3 is 5.97 Å². The lowest BCUT2D eigenvalue weighted by atomic mass is 10.2. The molecule has 2 heterocycles. The van der Waals surface area contributed by atoms with Crippen LogP contribution in [0.4, 0.5) is 5.69 Å². The molecule has 3 rings (SSSR count). The molecule has 9 heteroatoms. The molecule has 0 spiro atoms. The molecule has 132 valence electrons. The summed E-state index contributed by atoms with van der Waals surface area (Å²) in [5.74, 6) is -0.376. The summed E-state index contributed by atoms with van der Waals surface area (Å²) < 4.78 is 5.34. The maximum atomic E-state index is 12.1. The van der Waals surface area contributed by atoms with E-state index in [-0.39, 0.29) is 11.7 Å². The smallest absolute Gasteiger partial charge is 0.337 e. The molecule has 1 N–H and O–H groups in total. The standard InChI is InChI=1S/C17H14N4O3S2/c1-24-16(23)11-4-6-13(7-5-11)19-14(22)10-25-17-21-20-15(26-17)12-3-2-8-18-9-12/h2-9H,10H2,1H3,(H,19,22). The van der Waals surface area contributed by atoms with Crippen molar-refractivity contribution in [2.45, 2.75) is 4.34 Å². The van der Waals surface area contributed by atoms with Gasteiger partial charge in [-0.2, -0.15) is 0 Å². The molecule has 0 aliphatic rings. The highest BCUT2D eigenvalue weighted by Crippen LogP contribution is 2.28. The van der Waals surface area contributed by atoms with Crippen LogP contribution in [0.25, 0.3) is 10.6 Å². The third kappa shape index (κ3) is 4.64. The van der Waals surface area contributed by atoms with Gasteiger partial charge in [0.15, 0.2) is 4.34 Å². The van der Waals surface area contributed by atoms with Crippen LogP contribution in [0.3, 0.4) is 0 Å². The van der Waals surface area contributed by atoms with Gasteiger partial charge < -0.3 is 10.1 Å². The monoisotopic (exact) mass is 386 g/mol. The van der Waals surface area contributed by atoms with Crippen LogP contribution in [-0.2, 0) is 9.53 Å². The number of nitrogens with one attached hydrogen (secondary N) is 1. The highest BCUT2D eigenvalue weighted by atomic mass is 32.2. The first-order valence-electron chi connectivity index (χ1n) is 7.50. The Morgan fingerprint density at radius 3 is 2.69 bits per heavy atom. The van der Waals surface area contributed by atoms with E-state index in [1.807, 2.05) is 12.1 Å². The molecule has 0 bridgehead atoms. The maximum Gasteiger partial charge on any atom is 0.337 e. The van der Waals surface area contributed by atoms with Gasteiger partial charge in [-0.05, 0) is 36.4 Å². The van der Waals surface area contributed by atoms with Gasteiger partial charge in [-0.1, -0.05) is 23.1 Å². The zero-order valence-electron chi connectivity index (χ0n) is 13.7. The Kier molecular flexibility index (Phi) is 5.92. The van der Waals surface area contributed by atoms with Crippen molar-refractivity contribution < 1.29 is 14.3 Å². The van der Waals surface area contributed by atoms with Gasteiger partial charge in [0.05, 0.1) is 18.4 Å². The molecule has 0 saturated heterocycles. The van der Waals surface area contributed by atoms with Crippen LogP contribution in [0, 0.1) is 0 Å². The van der Waals surface area contributed by atoms with E-state index in [0.717, 1.165) is 10.6 Å². The van der Waals surface area contributed by atoms with Crippen molar-refractivity contribution in [2.75, 3.05) is 18.2 Å². The van der Waals surface area contributed by atoms with Gasteiger partial charge in [0.2, 0.25) is 5.91 Å².